The second-order valence-electron chi connectivity index (χ2n) is 5.42. The molecule has 0 radical (unpaired) electrons. The zero-order chi connectivity index (χ0) is 15.9. The minimum Gasteiger partial charge on any atom is -0.545 e. The normalized spacial score (nSPS) is 12.5. The summed E-state index contributed by atoms with van der Waals surface area (Å²) in [5, 5.41) is 11.0. The number of ketones is 2. The third-order valence-electron chi connectivity index (χ3n) is 4.01. The van der Waals surface area contributed by atoms with E-state index >= 15 is 0 Å². The number of hydrogen-bond acceptors (Lipinski definition) is 4. The van der Waals surface area contributed by atoms with Crippen molar-refractivity contribution >= 4 is 17.5 Å². The first-order chi connectivity index (χ1) is 10.5. The van der Waals surface area contributed by atoms with E-state index in [0.717, 1.165) is 11.1 Å². The number of carbonyl (C=O) groups is 3. The van der Waals surface area contributed by atoms with Crippen LogP contribution in [0.5, 0.6) is 0 Å². The number of carbonyl (C=O) groups excluding carboxylic acids is 3. The Morgan fingerprint density at radius 1 is 0.913 bits per heavy atom. The fraction of sp³-hybridized carbons (Fsp3) is 0.167. The quantitative estimate of drug-likeness (QED) is 0.504. The van der Waals surface area contributed by atoms with Gasteiger partial charge in [0.15, 0.2) is 11.6 Å². The maximum atomic E-state index is 12.8. The Morgan fingerprint density at radius 2 is 1.39 bits per heavy atom. The standard InChI is InChI=1S/C18H14O4.Na/c1-10(19)13-6-4-11-2-3-12-5-7-14(18(21)22)9-16(12)17(20)15(11)8-13;/h4-9H,2-3H2,1H3,(H,21,22);/q;+1/p-1. The van der Waals surface area contributed by atoms with Gasteiger partial charge in [-0.15, -0.1) is 0 Å². The Labute approximate surface area is 155 Å². The molecule has 0 atom stereocenters. The summed E-state index contributed by atoms with van der Waals surface area (Å²) in [4.78, 5) is 35.3. The molecule has 4 nitrogen and oxygen atoms in total. The van der Waals surface area contributed by atoms with Crippen LogP contribution in [0.3, 0.4) is 0 Å². The van der Waals surface area contributed by atoms with Gasteiger partial charge in [-0.1, -0.05) is 24.3 Å². The van der Waals surface area contributed by atoms with Gasteiger partial charge in [-0.2, -0.15) is 0 Å². The van der Waals surface area contributed by atoms with Crippen LogP contribution in [0.4, 0.5) is 0 Å². The SMILES string of the molecule is CC(=O)c1ccc2c(c1)C(=O)c1cc(C(=O)[O-])ccc1CC2.[Na+]. The van der Waals surface area contributed by atoms with E-state index < -0.39 is 5.97 Å². The Bertz CT molecular complexity index is 756. The van der Waals surface area contributed by atoms with Crippen LogP contribution in [0, 0.1) is 0 Å². The van der Waals surface area contributed by atoms with E-state index in [0.29, 0.717) is 29.5 Å². The molecule has 2 aromatic carbocycles. The van der Waals surface area contributed by atoms with Gasteiger partial charge in [0, 0.05) is 16.7 Å². The summed E-state index contributed by atoms with van der Waals surface area (Å²) in [5.41, 5.74) is 3.00. The summed E-state index contributed by atoms with van der Waals surface area (Å²) < 4.78 is 0. The summed E-state index contributed by atoms with van der Waals surface area (Å²) >= 11 is 0. The van der Waals surface area contributed by atoms with E-state index in [2.05, 4.69) is 0 Å². The van der Waals surface area contributed by atoms with Crippen molar-refractivity contribution in [3.63, 3.8) is 0 Å². The second-order valence-corrected chi connectivity index (χ2v) is 5.42. The van der Waals surface area contributed by atoms with Crippen molar-refractivity contribution in [1.82, 2.24) is 0 Å². The van der Waals surface area contributed by atoms with E-state index in [9.17, 15) is 19.5 Å². The van der Waals surface area contributed by atoms with Crippen LogP contribution in [-0.2, 0) is 12.8 Å². The maximum Gasteiger partial charge on any atom is 1.00 e. The topological polar surface area (TPSA) is 74.3 Å². The predicted molar refractivity (Wildman–Crippen MR) is 78.1 cm³/mol. The van der Waals surface area contributed by atoms with Crippen molar-refractivity contribution in [3.05, 3.63) is 69.8 Å². The molecule has 0 fully saturated rings. The second kappa shape index (κ2) is 6.79. The number of rotatable bonds is 2. The molecule has 1 aliphatic carbocycles. The number of Topliss-reactive ketones (excluding diaryl/α,β-unsaturated/α-hetero) is 1. The largest absolute Gasteiger partial charge is 1.00 e. The minimum absolute atomic E-state index is 0. The third-order valence-corrected chi connectivity index (χ3v) is 4.01. The first-order valence-electron chi connectivity index (χ1n) is 7.00. The van der Waals surface area contributed by atoms with E-state index in [1.54, 1.807) is 24.3 Å². The van der Waals surface area contributed by atoms with Gasteiger partial charge in [0.1, 0.15) is 0 Å². The molecule has 0 N–H and O–H groups in total. The Balaban J connectivity index is 0.00000192. The average molecular weight is 316 g/mol. The first-order valence-corrected chi connectivity index (χ1v) is 7.00. The molecule has 0 bridgehead atoms. The number of carboxylic acids is 1. The van der Waals surface area contributed by atoms with Crippen molar-refractivity contribution in [2.45, 2.75) is 19.8 Å². The van der Waals surface area contributed by atoms with Crippen LogP contribution in [0.15, 0.2) is 36.4 Å². The Morgan fingerprint density at radius 3 is 1.87 bits per heavy atom. The van der Waals surface area contributed by atoms with Crippen LogP contribution in [0.2, 0.25) is 0 Å². The number of carboxylic acid groups (broad SMARTS) is 1. The van der Waals surface area contributed by atoms with E-state index in [1.807, 2.05) is 0 Å². The molecule has 110 valence electrons. The molecular formula is C18H13NaO4. The number of aromatic carboxylic acids is 1. The van der Waals surface area contributed by atoms with Crippen LogP contribution >= 0.6 is 0 Å². The van der Waals surface area contributed by atoms with Gasteiger partial charge < -0.3 is 9.90 Å². The fourth-order valence-electron chi connectivity index (χ4n) is 2.77. The first kappa shape index (κ1) is 17.6. The van der Waals surface area contributed by atoms with Gasteiger partial charge in [0.25, 0.3) is 0 Å². The summed E-state index contributed by atoms with van der Waals surface area (Å²) in [5.74, 6) is -1.66. The molecule has 0 heterocycles. The van der Waals surface area contributed by atoms with E-state index in [-0.39, 0.29) is 46.7 Å². The zero-order valence-electron chi connectivity index (χ0n) is 13.0. The summed E-state index contributed by atoms with van der Waals surface area (Å²) in [6.07, 6.45) is 1.33. The van der Waals surface area contributed by atoms with Gasteiger partial charge in [0.2, 0.25) is 0 Å². The monoisotopic (exact) mass is 316 g/mol. The van der Waals surface area contributed by atoms with Gasteiger partial charge in [-0.3, -0.25) is 9.59 Å². The molecule has 0 amide bonds. The van der Waals surface area contributed by atoms with Crippen molar-refractivity contribution < 1.29 is 49.0 Å². The number of aryl methyl sites for hydroxylation is 2. The molecule has 0 aromatic heterocycles. The smallest absolute Gasteiger partial charge is 0.545 e. The summed E-state index contributed by atoms with van der Waals surface area (Å²) in [7, 11) is 0. The van der Waals surface area contributed by atoms with Crippen molar-refractivity contribution in [2.75, 3.05) is 0 Å². The van der Waals surface area contributed by atoms with Crippen LogP contribution in [-0.4, -0.2) is 17.5 Å². The average Bonchev–Trinajstić information content (AvgIpc) is 2.64. The molecule has 0 aliphatic heterocycles. The van der Waals surface area contributed by atoms with Crippen molar-refractivity contribution in [1.29, 1.82) is 0 Å². The van der Waals surface area contributed by atoms with Crippen LogP contribution in [0.25, 0.3) is 0 Å². The van der Waals surface area contributed by atoms with Crippen molar-refractivity contribution in [3.8, 4) is 0 Å². The Hall–Kier alpha value is -1.75. The summed E-state index contributed by atoms with van der Waals surface area (Å²) in [6, 6.07) is 9.60. The molecule has 1 aliphatic rings. The van der Waals surface area contributed by atoms with E-state index in [4.69, 9.17) is 0 Å². The zero-order valence-corrected chi connectivity index (χ0v) is 15.0. The minimum atomic E-state index is -1.31. The van der Waals surface area contributed by atoms with Crippen LogP contribution < -0.4 is 34.7 Å². The maximum absolute atomic E-state index is 12.8. The van der Waals surface area contributed by atoms with Gasteiger partial charge >= 0.3 is 29.6 Å². The fourth-order valence-corrected chi connectivity index (χ4v) is 2.77. The number of benzene rings is 2. The van der Waals surface area contributed by atoms with Gasteiger partial charge in [-0.25, -0.2) is 0 Å². The molecule has 3 rings (SSSR count). The van der Waals surface area contributed by atoms with Crippen LogP contribution in [0.1, 0.15) is 54.7 Å². The Kier molecular flexibility index (Phi) is 5.19. The van der Waals surface area contributed by atoms with E-state index in [1.165, 1.54) is 19.1 Å². The van der Waals surface area contributed by atoms with Gasteiger partial charge in [-0.05, 0) is 48.6 Å². The molecule has 5 heteroatoms. The molecule has 2 aromatic rings. The number of hydrogen-bond donors (Lipinski definition) is 0. The summed E-state index contributed by atoms with van der Waals surface area (Å²) in [6.45, 7) is 1.45. The molecular weight excluding hydrogens is 303 g/mol. The number of fused-ring (bicyclic) bond motifs is 2. The molecule has 0 saturated heterocycles. The molecule has 0 spiro atoms. The molecule has 0 saturated carbocycles. The molecule has 23 heavy (non-hydrogen) atoms. The molecule has 0 unspecified atom stereocenters. The van der Waals surface area contributed by atoms with Gasteiger partial charge in [0.05, 0.1) is 5.97 Å². The van der Waals surface area contributed by atoms with Crippen molar-refractivity contribution in [2.24, 2.45) is 0 Å². The predicted octanol–water partition coefficient (Wildman–Crippen LogP) is -1.41. The third kappa shape index (κ3) is 3.29.